The highest BCUT2D eigenvalue weighted by Crippen LogP contribution is 2.30. The first-order valence-electron chi connectivity index (χ1n) is 15.2. The van der Waals surface area contributed by atoms with Crippen LogP contribution in [0.25, 0.3) is 0 Å². The van der Waals surface area contributed by atoms with Gasteiger partial charge in [0.25, 0.3) is 10.0 Å². The van der Waals surface area contributed by atoms with E-state index < -0.39 is 28.5 Å². The zero-order valence-corrected chi connectivity index (χ0v) is 28.7. The Bertz CT molecular complexity index is 1740. The Morgan fingerprint density at radius 2 is 1.43 bits per heavy atom. The number of rotatable bonds is 13. The summed E-state index contributed by atoms with van der Waals surface area (Å²) in [6.07, 6.45) is 0.722. The summed E-state index contributed by atoms with van der Waals surface area (Å²) >= 11 is 13.2. The van der Waals surface area contributed by atoms with Crippen LogP contribution in [0.5, 0.6) is 0 Å². The number of anilines is 1. The lowest BCUT2D eigenvalue weighted by molar-refractivity contribution is -0.140. The molecule has 0 saturated heterocycles. The van der Waals surface area contributed by atoms with Crippen LogP contribution >= 0.6 is 23.2 Å². The van der Waals surface area contributed by atoms with E-state index in [2.05, 4.69) is 5.32 Å². The second-order valence-electron chi connectivity index (χ2n) is 11.4. The zero-order chi connectivity index (χ0) is 33.4. The monoisotopic (exact) mass is 679 g/mol. The van der Waals surface area contributed by atoms with E-state index in [4.69, 9.17) is 23.2 Å². The Kier molecular flexibility index (Phi) is 11.9. The summed E-state index contributed by atoms with van der Waals surface area (Å²) in [7, 11) is -4.21. The topological polar surface area (TPSA) is 86.8 Å². The Hall–Kier alpha value is -3.85. The van der Waals surface area contributed by atoms with Crippen molar-refractivity contribution < 1.29 is 18.0 Å². The number of halogens is 2. The molecule has 4 aromatic rings. The van der Waals surface area contributed by atoms with Gasteiger partial charge >= 0.3 is 0 Å². The average Bonchev–Trinajstić information content (AvgIpc) is 3.03. The van der Waals surface area contributed by atoms with Crippen LogP contribution in [0.4, 0.5) is 5.69 Å². The van der Waals surface area contributed by atoms with Crippen molar-refractivity contribution in [1.82, 2.24) is 10.2 Å². The molecule has 1 atom stereocenters. The Morgan fingerprint density at radius 1 is 0.826 bits per heavy atom. The highest BCUT2D eigenvalue weighted by atomic mass is 35.5. The first-order chi connectivity index (χ1) is 21.9. The van der Waals surface area contributed by atoms with Gasteiger partial charge < -0.3 is 10.2 Å². The van der Waals surface area contributed by atoms with Crippen molar-refractivity contribution in [2.75, 3.05) is 10.8 Å². The van der Waals surface area contributed by atoms with E-state index in [0.29, 0.717) is 27.7 Å². The molecule has 2 amide bonds. The number of hydrogen-bond acceptors (Lipinski definition) is 4. The minimum Gasteiger partial charge on any atom is -0.352 e. The number of para-hydroxylation sites is 1. The lowest BCUT2D eigenvalue weighted by Crippen LogP contribution is -2.54. The normalized spacial score (nSPS) is 12.1. The molecule has 0 fully saturated rings. The number of aryl methyl sites for hydroxylation is 2. The molecular formula is C36H39Cl2N3O4S. The minimum atomic E-state index is -4.21. The number of nitrogens with zero attached hydrogens (tertiary/aromatic N) is 2. The third-order valence-electron chi connectivity index (χ3n) is 7.62. The molecule has 242 valence electrons. The predicted octanol–water partition coefficient (Wildman–Crippen LogP) is 7.22. The summed E-state index contributed by atoms with van der Waals surface area (Å²) in [6.45, 7) is 6.80. The first-order valence-corrected chi connectivity index (χ1v) is 17.4. The van der Waals surface area contributed by atoms with E-state index in [1.54, 1.807) is 42.5 Å². The van der Waals surface area contributed by atoms with Crippen molar-refractivity contribution in [2.24, 2.45) is 0 Å². The molecule has 10 heteroatoms. The number of sulfonamides is 1. The van der Waals surface area contributed by atoms with E-state index in [1.165, 1.54) is 17.0 Å². The van der Waals surface area contributed by atoms with Gasteiger partial charge in [-0.15, -0.1) is 0 Å². The van der Waals surface area contributed by atoms with Crippen LogP contribution in [-0.4, -0.2) is 43.8 Å². The van der Waals surface area contributed by atoms with Gasteiger partial charge in [0.2, 0.25) is 11.8 Å². The molecule has 1 N–H and O–H groups in total. The molecule has 0 saturated carbocycles. The van der Waals surface area contributed by atoms with Gasteiger partial charge in [-0.25, -0.2) is 8.42 Å². The Morgan fingerprint density at radius 3 is 2.04 bits per heavy atom. The van der Waals surface area contributed by atoms with Gasteiger partial charge in [0, 0.05) is 34.6 Å². The van der Waals surface area contributed by atoms with Crippen LogP contribution in [0.1, 0.15) is 43.0 Å². The second kappa shape index (κ2) is 15.6. The molecule has 0 aromatic heterocycles. The van der Waals surface area contributed by atoms with Crippen LogP contribution < -0.4 is 9.62 Å². The smallest absolute Gasteiger partial charge is 0.264 e. The molecule has 0 unspecified atom stereocenters. The van der Waals surface area contributed by atoms with Crippen molar-refractivity contribution in [2.45, 2.75) is 64.1 Å². The van der Waals surface area contributed by atoms with Crippen LogP contribution in [0.3, 0.4) is 0 Å². The maximum Gasteiger partial charge on any atom is 0.264 e. The number of nitrogens with one attached hydrogen (secondary N) is 1. The fraction of sp³-hybridized carbons (Fsp3) is 0.278. The maximum atomic E-state index is 14.7. The van der Waals surface area contributed by atoms with Crippen molar-refractivity contribution in [3.05, 3.63) is 129 Å². The number of carbonyl (C=O) groups excluding carboxylic acids is 2. The van der Waals surface area contributed by atoms with Crippen LogP contribution in [0, 0.1) is 6.92 Å². The largest absolute Gasteiger partial charge is 0.352 e. The van der Waals surface area contributed by atoms with E-state index >= 15 is 0 Å². The van der Waals surface area contributed by atoms with E-state index in [1.807, 2.05) is 70.2 Å². The van der Waals surface area contributed by atoms with Crippen LogP contribution in [0.2, 0.25) is 10.0 Å². The minimum absolute atomic E-state index is 0.0518. The van der Waals surface area contributed by atoms with Gasteiger partial charge in [-0.2, -0.15) is 0 Å². The van der Waals surface area contributed by atoms with E-state index in [9.17, 15) is 18.0 Å². The quantitative estimate of drug-likeness (QED) is 0.162. The number of hydrogen-bond donors (Lipinski definition) is 1. The highest BCUT2D eigenvalue weighted by molar-refractivity contribution is 7.92. The molecule has 0 aliphatic rings. The predicted molar refractivity (Wildman–Crippen MR) is 186 cm³/mol. The van der Waals surface area contributed by atoms with Crippen molar-refractivity contribution >= 4 is 50.7 Å². The van der Waals surface area contributed by atoms with Crippen molar-refractivity contribution in [3.8, 4) is 0 Å². The third-order valence-corrected chi connectivity index (χ3v) is 10.1. The van der Waals surface area contributed by atoms with Gasteiger partial charge in [-0.1, -0.05) is 102 Å². The van der Waals surface area contributed by atoms with Crippen LogP contribution in [-0.2, 0) is 39.0 Å². The SMILES string of the molecule is CCc1ccccc1N(CC(=O)N(Cc1c(Cl)cccc1Cl)[C@@H](Cc1ccccc1)C(=O)NC(C)C)S(=O)(=O)c1ccc(C)cc1. The molecule has 0 spiro atoms. The molecule has 7 nitrogen and oxygen atoms in total. The molecule has 0 aliphatic carbocycles. The van der Waals surface area contributed by atoms with Crippen molar-refractivity contribution in [3.63, 3.8) is 0 Å². The second-order valence-corrected chi connectivity index (χ2v) is 14.1. The molecule has 46 heavy (non-hydrogen) atoms. The summed E-state index contributed by atoms with van der Waals surface area (Å²) in [5, 5.41) is 3.60. The molecule has 4 rings (SSSR count). The van der Waals surface area contributed by atoms with Gasteiger partial charge in [0.1, 0.15) is 12.6 Å². The first kappa shape index (κ1) is 35.0. The fourth-order valence-electron chi connectivity index (χ4n) is 5.19. The average molecular weight is 681 g/mol. The van der Waals surface area contributed by atoms with Crippen LogP contribution in [0.15, 0.2) is 102 Å². The lowest BCUT2D eigenvalue weighted by Gasteiger charge is -2.35. The fourth-order valence-corrected chi connectivity index (χ4v) is 7.16. The maximum absolute atomic E-state index is 14.7. The van der Waals surface area contributed by atoms with Gasteiger partial charge in [0.05, 0.1) is 10.6 Å². The number of benzene rings is 4. The number of carbonyl (C=O) groups is 2. The van der Waals surface area contributed by atoms with E-state index in [-0.39, 0.29) is 29.8 Å². The summed E-state index contributed by atoms with van der Waals surface area (Å²) < 4.78 is 29.8. The summed E-state index contributed by atoms with van der Waals surface area (Å²) in [5.41, 5.74) is 3.33. The third kappa shape index (κ3) is 8.49. The Labute approximate surface area is 282 Å². The van der Waals surface area contributed by atoms with Crippen molar-refractivity contribution in [1.29, 1.82) is 0 Å². The molecule has 0 heterocycles. The summed E-state index contributed by atoms with van der Waals surface area (Å²) in [4.78, 5) is 30.0. The van der Waals surface area contributed by atoms with Gasteiger partial charge in [-0.05, 0) is 68.7 Å². The van der Waals surface area contributed by atoms with Gasteiger partial charge in [-0.3, -0.25) is 13.9 Å². The molecule has 4 aromatic carbocycles. The molecular weight excluding hydrogens is 641 g/mol. The van der Waals surface area contributed by atoms with E-state index in [0.717, 1.165) is 21.0 Å². The summed E-state index contributed by atoms with van der Waals surface area (Å²) in [6, 6.07) is 26.8. The Balaban J connectivity index is 1.87. The standard InChI is InChI=1S/C36H39Cl2N3O4S/c1-5-28-14-9-10-17-33(28)41(46(44,45)29-20-18-26(4)19-21-29)24-35(42)40(23-30-31(37)15-11-16-32(30)38)34(36(43)39-25(2)3)22-27-12-7-6-8-13-27/h6-21,25,34H,5,22-24H2,1-4H3,(H,39,43)/t34-/m0/s1. The lowest BCUT2D eigenvalue weighted by atomic mass is 10.0. The highest BCUT2D eigenvalue weighted by Gasteiger charge is 2.36. The van der Waals surface area contributed by atoms with Gasteiger partial charge in [0.15, 0.2) is 0 Å². The molecule has 0 bridgehead atoms. The molecule has 0 radical (unpaired) electrons. The summed E-state index contributed by atoms with van der Waals surface area (Å²) in [5.74, 6) is -0.963. The molecule has 0 aliphatic heterocycles. The zero-order valence-electron chi connectivity index (χ0n) is 26.4. The number of amides is 2.